The maximum absolute atomic E-state index is 12.9. The first-order valence-corrected chi connectivity index (χ1v) is 6.60. The molecule has 1 aromatic rings. The molecule has 1 heterocycles. The average molecular weight is 227 g/mol. The number of benzene rings is 1. The number of nitrogens with one attached hydrogen (secondary N) is 1. The van der Waals surface area contributed by atoms with Gasteiger partial charge in [-0.2, -0.15) is 0 Å². The molecule has 2 rings (SSSR count). The Morgan fingerprint density at radius 2 is 2.07 bits per heavy atom. The van der Waals surface area contributed by atoms with E-state index in [0.717, 1.165) is 30.0 Å². The molecule has 1 N–H and O–H groups in total. The Bertz CT molecular complexity index is 359. The van der Waals surface area contributed by atoms with Crippen molar-refractivity contribution in [3.05, 3.63) is 30.1 Å². The molecule has 0 bridgehead atoms. The zero-order chi connectivity index (χ0) is 10.7. The van der Waals surface area contributed by atoms with E-state index in [1.54, 1.807) is 6.07 Å². The van der Waals surface area contributed by atoms with E-state index < -0.39 is 10.8 Å². The highest BCUT2D eigenvalue weighted by Gasteiger charge is 2.17. The topological polar surface area (TPSA) is 29.1 Å². The average Bonchev–Trinajstić information content (AvgIpc) is 2.22. The van der Waals surface area contributed by atoms with Crippen LogP contribution in [0.25, 0.3) is 0 Å². The molecule has 15 heavy (non-hydrogen) atoms. The van der Waals surface area contributed by atoms with Crippen molar-refractivity contribution in [2.24, 2.45) is 0 Å². The SMILES string of the molecule is O=S1CCC(Nc2cccc(F)c2)CC1. The van der Waals surface area contributed by atoms with E-state index in [1.807, 2.05) is 6.07 Å². The quantitative estimate of drug-likeness (QED) is 0.838. The van der Waals surface area contributed by atoms with Crippen LogP contribution in [0.15, 0.2) is 24.3 Å². The zero-order valence-corrected chi connectivity index (χ0v) is 9.23. The van der Waals surface area contributed by atoms with Gasteiger partial charge in [-0.05, 0) is 31.0 Å². The lowest BCUT2D eigenvalue weighted by atomic mass is 10.1. The first kappa shape index (κ1) is 10.6. The van der Waals surface area contributed by atoms with Crippen molar-refractivity contribution in [2.45, 2.75) is 18.9 Å². The van der Waals surface area contributed by atoms with E-state index in [1.165, 1.54) is 12.1 Å². The monoisotopic (exact) mass is 227 g/mol. The molecular weight excluding hydrogens is 213 g/mol. The van der Waals surface area contributed by atoms with Crippen LogP contribution in [0.1, 0.15) is 12.8 Å². The van der Waals surface area contributed by atoms with Crippen LogP contribution in [0.4, 0.5) is 10.1 Å². The fourth-order valence-electron chi connectivity index (χ4n) is 1.75. The molecule has 0 saturated carbocycles. The Balaban J connectivity index is 1.94. The third-order valence-electron chi connectivity index (χ3n) is 2.58. The molecule has 0 aliphatic carbocycles. The minimum atomic E-state index is -0.637. The van der Waals surface area contributed by atoms with Crippen molar-refractivity contribution in [3.8, 4) is 0 Å². The fraction of sp³-hybridized carbons (Fsp3) is 0.455. The van der Waals surface area contributed by atoms with Gasteiger partial charge in [0.25, 0.3) is 0 Å². The van der Waals surface area contributed by atoms with Crippen molar-refractivity contribution < 1.29 is 8.60 Å². The summed E-state index contributed by atoms with van der Waals surface area (Å²) >= 11 is 0. The van der Waals surface area contributed by atoms with Gasteiger partial charge in [0.05, 0.1) is 0 Å². The van der Waals surface area contributed by atoms with E-state index in [0.29, 0.717) is 6.04 Å². The second-order valence-corrected chi connectivity index (χ2v) is 5.47. The number of hydrogen-bond donors (Lipinski definition) is 1. The van der Waals surface area contributed by atoms with Gasteiger partial charge in [-0.1, -0.05) is 6.07 Å². The van der Waals surface area contributed by atoms with E-state index >= 15 is 0 Å². The Morgan fingerprint density at radius 3 is 2.73 bits per heavy atom. The Hall–Kier alpha value is -0.900. The summed E-state index contributed by atoms with van der Waals surface area (Å²) in [6.07, 6.45) is 1.81. The molecule has 2 nitrogen and oxygen atoms in total. The van der Waals surface area contributed by atoms with E-state index in [2.05, 4.69) is 5.32 Å². The van der Waals surface area contributed by atoms with Gasteiger partial charge < -0.3 is 5.32 Å². The molecule has 0 amide bonds. The summed E-state index contributed by atoms with van der Waals surface area (Å²) in [6.45, 7) is 0. The molecular formula is C11H14FNOS. The van der Waals surface area contributed by atoms with Crippen molar-refractivity contribution in [2.75, 3.05) is 16.8 Å². The number of rotatable bonds is 2. The van der Waals surface area contributed by atoms with Gasteiger partial charge in [0.1, 0.15) is 5.82 Å². The smallest absolute Gasteiger partial charge is 0.125 e. The Morgan fingerprint density at radius 1 is 1.33 bits per heavy atom. The summed E-state index contributed by atoms with van der Waals surface area (Å²) in [5, 5.41) is 3.27. The zero-order valence-electron chi connectivity index (χ0n) is 8.41. The summed E-state index contributed by atoms with van der Waals surface area (Å²) in [4.78, 5) is 0. The maximum atomic E-state index is 12.9. The highest BCUT2D eigenvalue weighted by atomic mass is 32.2. The van der Waals surface area contributed by atoms with Crippen LogP contribution in [0.2, 0.25) is 0 Å². The van der Waals surface area contributed by atoms with E-state index in [9.17, 15) is 8.60 Å². The predicted octanol–water partition coefficient (Wildman–Crippen LogP) is 2.15. The summed E-state index contributed by atoms with van der Waals surface area (Å²) in [5.74, 6) is 1.29. The third kappa shape index (κ3) is 3.02. The molecule has 0 radical (unpaired) electrons. The molecule has 1 saturated heterocycles. The van der Waals surface area contributed by atoms with Crippen molar-refractivity contribution in [1.29, 1.82) is 0 Å². The standard InChI is InChI=1S/C11H14FNOS/c12-9-2-1-3-11(8-9)13-10-4-6-15(14)7-5-10/h1-3,8,10,13H,4-7H2. The minimum absolute atomic E-state index is 0.223. The lowest BCUT2D eigenvalue weighted by Crippen LogP contribution is -2.29. The van der Waals surface area contributed by atoms with Crippen LogP contribution >= 0.6 is 0 Å². The molecule has 0 spiro atoms. The van der Waals surface area contributed by atoms with Crippen LogP contribution in [-0.4, -0.2) is 21.8 Å². The van der Waals surface area contributed by atoms with Crippen LogP contribution in [0.5, 0.6) is 0 Å². The van der Waals surface area contributed by atoms with Crippen molar-refractivity contribution in [3.63, 3.8) is 0 Å². The number of halogens is 1. The maximum Gasteiger partial charge on any atom is 0.125 e. The molecule has 1 aliphatic heterocycles. The van der Waals surface area contributed by atoms with Crippen molar-refractivity contribution in [1.82, 2.24) is 0 Å². The Kier molecular flexibility index (Phi) is 3.36. The highest BCUT2D eigenvalue weighted by molar-refractivity contribution is 7.85. The largest absolute Gasteiger partial charge is 0.382 e. The van der Waals surface area contributed by atoms with Gasteiger partial charge in [-0.25, -0.2) is 4.39 Å². The van der Waals surface area contributed by atoms with Crippen LogP contribution in [-0.2, 0) is 10.8 Å². The third-order valence-corrected chi connectivity index (χ3v) is 3.97. The van der Waals surface area contributed by atoms with Crippen LogP contribution < -0.4 is 5.32 Å². The number of anilines is 1. The molecule has 1 aliphatic rings. The second kappa shape index (κ2) is 4.75. The Labute approximate surface area is 91.3 Å². The van der Waals surface area contributed by atoms with Gasteiger partial charge in [0, 0.05) is 34.0 Å². The first-order chi connectivity index (χ1) is 7.24. The van der Waals surface area contributed by atoms with E-state index in [-0.39, 0.29) is 5.82 Å². The lowest BCUT2D eigenvalue weighted by molar-refractivity contribution is 0.617. The first-order valence-electron chi connectivity index (χ1n) is 5.11. The van der Waals surface area contributed by atoms with E-state index in [4.69, 9.17) is 0 Å². The van der Waals surface area contributed by atoms with Gasteiger partial charge >= 0.3 is 0 Å². The summed E-state index contributed by atoms with van der Waals surface area (Å²) in [5.41, 5.74) is 0.813. The molecule has 0 atom stereocenters. The highest BCUT2D eigenvalue weighted by Crippen LogP contribution is 2.16. The van der Waals surface area contributed by atoms with Gasteiger partial charge in [-0.3, -0.25) is 4.21 Å². The van der Waals surface area contributed by atoms with Crippen LogP contribution in [0, 0.1) is 5.82 Å². The summed E-state index contributed by atoms with van der Waals surface area (Å²) in [6, 6.07) is 6.81. The number of hydrogen-bond acceptors (Lipinski definition) is 2. The molecule has 1 aromatic carbocycles. The van der Waals surface area contributed by atoms with Crippen molar-refractivity contribution >= 4 is 16.5 Å². The second-order valence-electron chi connectivity index (χ2n) is 3.78. The summed E-state index contributed by atoms with van der Waals surface area (Å²) in [7, 11) is -0.637. The van der Waals surface area contributed by atoms with Gasteiger partial charge in [0.2, 0.25) is 0 Å². The summed E-state index contributed by atoms with van der Waals surface area (Å²) < 4.78 is 24.0. The molecule has 82 valence electrons. The van der Waals surface area contributed by atoms with Crippen LogP contribution in [0.3, 0.4) is 0 Å². The lowest BCUT2D eigenvalue weighted by Gasteiger charge is -2.23. The fourth-order valence-corrected chi connectivity index (χ4v) is 3.05. The van der Waals surface area contributed by atoms with Gasteiger partial charge in [-0.15, -0.1) is 0 Å². The minimum Gasteiger partial charge on any atom is -0.382 e. The molecule has 0 unspecified atom stereocenters. The predicted molar refractivity (Wildman–Crippen MR) is 60.9 cm³/mol. The molecule has 1 fully saturated rings. The molecule has 0 aromatic heterocycles. The normalized spacial score (nSPS) is 26.2. The van der Waals surface area contributed by atoms with Gasteiger partial charge in [0.15, 0.2) is 0 Å². The molecule has 4 heteroatoms.